The molecular weight excluding hydrogens is 386 g/mol. The first-order chi connectivity index (χ1) is 13.0. The number of nitrogens with zero attached hydrogens (tertiary/aromatic N) is 2. The van der Waals surface area contributed by atoms with Gasteiger partial charge in [-0.3, -0.25) is 14.6 Å². The van der Waals surface area contributed by atoms with Crippen molar-refractivity contribution in [1.29, 1.82) is 0 Å². The fourth-order valence-corrected chi connectivity index (χ4v) is 3.80. The molecule has 0 bridgehead atoms. The molecule has 1 saturated heterocycles. The van der Waals surface area contributed by atoms with Crippen molar-refractivity contribution >= 4 is 51.7 Å². The summed E-state index contributed by atoms with van der Waals surface area (Å²) in [5, 5.41) is 3.77. The van der Waals surface area contributed by atoms with E-state index in [1.807, 2.05) is 12.1 Å². The van der Waals surface area contributed by atoms with Gasteiger partial charge >= 0.3 is 0 Å². The summed E-state index contributed by atoms with van der Waals surface area (Å²) in [7, 11) is 3.14. The number of hydrogen-bond donors (Lipinski definition) is 1. The van der Waals surface area contributed by atoms with Crippen LogP contribution in [0.25, 0.3) is 0 Å². The van der Waals surface area contributed by atoms with Gasteiger partial charge in [0.05, 0.1) is 12.8 Å². The molecule has 1 fully saturated rings. The van der Waals surface area contributed by atoms with Crippen molar-refractivity contribution in [3.63, 3.8) is 0 Å². The van der Waals surface area contributed by atoms with Crippen LogP contribution >= 0.6 is 23.4 Å². The van der Waals surface area contributed by atoms with E-state index in [0.29, 0.717) is 21.6 Å². The average molecular weight is 404 g/mol. The first-order valence-corrected chi connectivity index (χ1v) is 9.45. The van der Waals surface area contributed by atoms with Crippen LogP contribution in [0.15, 0.2) is 53.5 Å². The van der Waals surface area contributed by atoms with Crippen LogP contribution in [0.3, 0.4) is 0 Å². The number of benzene rings is 2. The summed E-state index contributed by atoms with van der Waals surface area (Å²) in [6.07, 6.45) is 0.100. The Kier molecular flexibility index (Phi) is 6.03. The molecule has 1 aliphatic heterocycles. The Hall–Kier alpha value is -2.51. The number of imide groups is 1. The highest BCUT2D eigenvalue weighted by molar-refractivity contribution is 8.15. The predicted octanol–water partition coefficient (Wildman–Crippen LogP) is 3.81. The summed E-state index contributed by atoms with van der Waals surface area (Å²) in [4.78, 5) is 30.7. The fraction of sp³-hybridized carbons (Fsp3) is 0.211. The molecule has 27 heavy (non-hydrogen) atoms. The van der Waals surface area contributed by atoms with Crippen molar-refractivity contribution in [2.75, 3.05) is 24.4 Å². The van der Waals surface area contributed by atoms with Crippen LogP contribution in [0.4, 0.5) is 11.4 Å². The molecule has 1 N–H and O–H groups in total. The van der Waals surface area contributed by atoms with Crippen LogP contribution in [0, 0.1) is 0 Å². The second-order valence-corrected chi connectivity index (χ2v) is 7.34. The van der Waals surface area contributed by atoms with Crippen LogP contribution in [-0.4, -0.2) is 36.4 Å². The van der Waals surface area contributed by atoms with Gasteiger partial charge in [-0.1, -0.05) is 35.5 Å². The van der Waals surface area contributed by atoms with Crippen LogP contribution < -0.4 is 15.0 Å². The van der Waals surface area contributed by atoms with Crippen molar-refractivity contribution in [3.05, 3.63) is 53.6 Å². The number of thioether (sulfide) groups is 1. The van der Waals surface area contributed by atoms with Gasteiger partial charge in [-0.2, -0.15) is 0 Å². The second kappa shape index (κ2) is 8.45. The molecule has 0 spiro atoms. The van der Waals surface area contributed by atoms with E-state index in [2.05, 4.69) is 10.3 Å². The van der Waals surface area contributed by atoms with E-state index in [0.717, 1.165) is 5.69 Å². The zero-order chi connectivity index (χ0) is 19.4. The monoisotopic (exact) mass is 403 g/mol. The SMILES string of the molecule is CN=C(Nc1ccc(Cl)cc1)SC1CC(=O)N(c2ccccc2OC)C1=O. The van der Waals surface area contributed by atoms with E-state index in [4.69, 9.17) is 16.3 Å². The lowest BCUT2D eigenvalue weighted by Gasteiger charge is -2.18. The highest BCUT2D eigenvalue weighted by Crippen LogP contribution is 2.35. The third-order valence-corrected chi connectivity index (χ3v) is 5.40. The lowest BCUT2D eigenvalue weighted by molar-refractivity contribution is -0.121. The Morgan fingerprint density at radius 2 is 1.93 bits per heavy atom. The number of nitrogens with one attached hydrogen (secondary N) is 1. The van der Waals surface area contributed by atoms with Gasteiger partial charge in [0, 0.05) is 24.2 Å². The number of amidine groups is 1. The first-order valence-electron chi connectivity index (χ1n) is 8.19. The van der Waals surface area contributed by atoms with Gasteiger partial charge in [0.25, 0.3) is 0 Å². The molecule has 140 valence electrons. The molecule has 1 heterocycles. The third kappa shape index (κ3) is 4.26. The van der Waals surface area contributed by atoms with Crippen molar-refractivity contribution in [1.82, 2.24) is 0 Å². The number of amides is 2. The molecule has 1 atom stereocenters. The normalized spacial score (nSPS) is 17.4. The van der Waals surface area contributed by atoms with Crippen molar-refractivity contribution in [3.8, 4) is 5.75 Å². The highest BCUT2D eigenvalue weighted by atomic mass is 35.5. The zero-order valence-electron chi connectivity index (χ0n) is 14.8. The van der Waals surface area contributed by atoms with E-state index < -0.39 is 5.25 Å². The predicted molar refractivity (Wildman–Crippen MR) is 110 cm³/mol. The molecule has 2 amide bonds. The number of aliphatic imine (C=N–C) groups is 1. The summed E-state index contributed by atoms with van der Waals surface area (Å²) in [5.41, 5.74) is 1.25. The van der Waals surface area contributed by atoms with Gasteiger partial charge in [-0.05, 0) is 36.4 Å². The number of anilines is 2. The van der Waals surface area contributed by atoms with Crippen molar-refractivity contribution < 1.29 is 14.3 Å². The molecule has 0 radical (unpaired) electrons. The van der Waals surface area contributed by atoms with Gasteiger partial charge < -0.3 is 10.1 Å². The van der Waals surface area contributed by atoms with Crippen LogP contribution in [0.2, 0.25) is 5.02 Å². The fourth-order valence-electron chi connectivity index (χ4n) is 2.69. The molecule has 0 aliphatic carbocycles. The molecule has 0 saturated carbocycles. The lowest BCUT2D eigenvalue weighted by Crippen LogP contribution is -2.32. The number of halogens is 1. The minimum atomic E-state index is -0.555. The molecule has 2 aromatic rings. The van der Waals surface area contributed by atoms with Gasteiger partial charge in [0.15, 0.2) is 5.17 Å². The minimum Gasteiger partial charge on any atom is -0.495 e. The quantitative estimate of drug-likeness (QED) is 0.477. The summed E-state index contributed by atoms with van der Waals surface area (Å²) < 4.78 is 5.28. The summed E-state index contributed by atoms with van der Waals surface area (Å²) in [6, 6.07) is 14.1. The number of carbonyl (C=O) groups excluding carboxylic acids is 2. The Balaban J connectivity index is 1.75. The van der Waals surface area contributed by atoms with E-state index in [9.17, 15) is 9.59 Å². The summed E-state index contributed by atoms with van der Waals surface area (Å²) in [6.45, 7) is 0. The number of carbonyl (C=O) groups is 2. The Morgan fingerprint density at radius 3 is 2.59 bits per heavy atom. The van der Waals surface area contributed by atoms with Gasteiger partial charge in [0.1, 0.15) is 11.0 Å². The number of ether oxygens (including phenoxy) is 1. The average Bonchev–Trinajstić information content (AvgIpc) is 2.96. The van der Waals surface area contributed by atoms with Gasteiger partial charge in [-0.25, -0.2) is 4.90 Å². The van der Waals surface area contributed by atoms with E-state index in [1.165, 1.54) is 23.8 Å². The summed E-state index contributed by atoms with van der Waals surface area (Å²) in [5.74, 6) is -0.0639. The van der Waals surface area contributed by atoms with Crippen molar-refractivity contribution in [2.24, 2.45) is 4.99 Å². The molecular formula is C19H18ClN3O3S. The van der Waals surface area contributed by atoms with Crippen LogP contribution in [0.5, 0.6) is 5.75 Å². The number of para-hydroxylation sites is 2. The number of methoxy groups -OCH3 is 1. The standard InChI is InChI=1S/C19H18ClN3O3S/c1-21-19(22-13-9-7-12(20)8-10-13)27-16-11-17(24)23(18(16)25)14-5-3-4-6-15(14)26-2/h3-10,16H,11H2,1-2H3,(H,21,22). The maximum atomic E-state index is 12.9. The lowest BCUT2D eigenvalue weighted by atomic mass is 10.2. The Bertz CT molecular complexity index is 886. The van der Waals surface area contributed by atoms with Crippen molar-refractivity contribution in [2.45, 2.75) is 11.7 Å². The smallest absolute Gasteiger partial charge is 0.248 e. The molecule has 3 rings (SSSR count). The molecule has 6 nitrogen and oxygen atoms in total. The summed E-state index contributed by atoms with van der Waals surface area (Å²) >= 11 is 7.12. The molecule has 2 aromatic carbocycles. The molecule has 1 aliphatic rings. The zero-order valence-corrected chi connectivity index (χ0v) is 16.4. The van der Waals surface area contributed by atoms with Gasteiger partial charge in [0.2, 0.25) is 11.8 Å². The van der Waals surface area contributed by atoms with E-state index in [-0.39, 0.29) is 18.2 Å². The van der Waals surface area contributed by atoms with Crippen LogP contribution in [-0.2, 0) is 9.59 Å². The molecule has 8 heteroatoms. The maximum Gasteiger partial charge on any atom is 0.248 e. The second-order valence-electron chi connectivity index (χ2n) is 5.71. The Morgan fingerprint density at radius 1 is 1.22 bits per heavy atom. The first kappa shape index (κ1) is 19.3. The third-order valence-electron chi connectivity index (χ3n) is 3.98. The Labute approximate surface area is 166 Å². The van der Waals surface area contributed by atoms with Crippen LogP contribution in [0.1, 0.15) is 6.42 Å². The van der Waals surface area contributed by atoms with E-state index in [1.54, 1.807) is 43.4 Å². The molecule has 0 aromatic heterocycles. The molecule has 1 unspecified atom stereocenters. The number of hydrogen-bond acceptors (Lipinski definition) is 5. The number of rotatable bonds is 4. The maximum absolute atomic E-state index is 12.9. The minimum absolute atomic E-state index is 0.100. The highest BCUT2D eigenvalue weighted by Gasteiger charge is 2.41. The van der Waals surface area contributed by atoms with E-state index >= 15 is 0 Å². The van der Waals surface area contributed by atoms with Gasteiger partial charge in [-0.15, -0.1) is 0 Å². The topological polar surface area (TPSA) is 71.0 Å². The largest absolute Gasteiger partial charge is 0.495 e.